The fourth-order valence-corrected chi connectivity index (χ4v) is 3.44. The van der Waals surface area contributed by atoms with Crippen LogP contribution in [0.4, 0.5) is 0 Å². The van der Waals surface area contributed by atoms with E-state index in [-0.39, 0.29) is 0 Å². The van der Waals surface area contributed by atoms with Crippen LogP contribution >= 0.6 is 0 Å². The molecular weight excluding hydrogens is 338 g/mol. The van der Waals surface area contributed by atoms with Gasteiger partial charge < -0.3 is 19.5 Å². The van der Waals surface area contributed by atoms with E-state index >= 15 is 0 Å². The second-order valence-electron chi connectivity index (χ2n) is 7.22. The molecule has 1 N–H and O–H groups in total. The summed E-state index contributed by atoms with van der Waals surface area (Å²) < 4.78 is 7.52. The Morgan fingerprint density at radius 3 is 2.67 bits per heavy atom. The number of hydrogen-bond donors (Lipinski definition) is 1. The summed E-state index contributed by atoms with van der Waals surface area (Å²) in [4.78, 5) is 10.7. The van der Waals surface area contributed by atoms with Crippen molar-refractivity contribution in [2.75, 3.05) is 33.9 Å². The van der Waals surface area contributed by atoms with Crippen LogP contribution in [0, 0.1) is 5.92 Å². The van der Waals surface area contributed by atoms with Gasteiger partial charge in [-0.05, 0) is 36.3 Å². The van der Waals surface area contributed by atoms with Gasteiger partial charge >= 0.3 is 0 Å². The molecule has 1 aromatic heterocycles. The van der Waals surface area contributed by atoms with Crippen molar-refractivity contribution in [3.05, 3.63) is 54.1 Å². The monoisotopic (exact) mass is 369 g/mol. The van der Waals surface area contributed by atoms with Crippen molar-refractivity contribution in [1.82, 2.24) is 19.8 Å². The van der Waals surface area contributed by atoms with E-state index in [1.165, 1.54) is 30.4 Å². The Bertz CT molecular complexity index is 690. The fraction of sp³-hybridized carbons (Fsp3) is 0.524. The second kappa shape index (κ2) is 10.1. The third-order valence-corrected chi connectivity index (χ3v) is 5.18. The van der Waals surface area contributed by atoms with Crippen LogP contribution < -0.4 is 5.32 Å². The highest BCUT2D eigenvalue weighted by Crippen LogP contribution is 2.18. The summed E-state index contributed by atoms with van der Waals surface area (Å²) in [6.45, 7) is 4.48. The quantitative estimate of drug-likeness (QED) is 0.602. The Hall–Kier alpha value is -2.34. The van der Waals surface area contributed by atoms with Gasteiger partial charge in [0.15, 0.2) is 5.96 Å². The number of guanidine groups is 1. The Kier molecular flexibility index (Phi) is 7.27. The number of aromatic nitrogens is 2. The highest BCUT2D eigenvalue weighted by atomic mass is 16.5. The Balaban J connectivity index is 1.44. The lowest BCUT2D eigenvalue weighted by atomic mass is 9.96. The second-order valence-corrected chi connectivity index (χ2v) is 7.22. The first-order valence-electron chi connectivity index (χ1n) is 9.77. The van der Waals surface area contributed by atoms with E-state index in [2.05, 4.69) is 56.1 Å². The van der Waals surface area contributed by atoms with Crippen LogP contribution in [0.25, 0.3) is 0 Å². The first-order chi connectivity index (χ1) is 13.2. The summed E-state index contributed by atoms with van der Waals surface area (Å²) in [6, 6.07) is 8.70. The Labute approximate surface area is 162 Å². The van der Waals surface area contributed by atoms with E-state index in [1.54, 1.807) is 0 Å². The summed E-state index contributed by atoms with van der Waals surface area (Å²) in [6.07, 6.45) is 9.20. The third kappa shape index (κ3) is 6.10. The number of nitrogens with zero attached hydrogens (tertiary/aromatic N) is 4. The van der Waals surface area contributed by atoms with Gasteiger partial charge in [0.2, 0.25) is 0 Å². The SMILES string of the molecule is CN=C(NCc1ccc(Cn2ccnc2)cc1)N(C)CCC1CCOCC1. The zero-order chi connectivity index (χ0) is 18.9. The maximum Gasteiger partial charge on any atom is 0.193 e. The fourth-order valence-electron chi connectivity index (χ4n) is 3.44. The van der Waals surface area contributed by atoms with E-state index in [9.17, 15) is 0 Å². The van der Waals surface area contributed by atoms with E-state index in [0.717, 1.165) is 44.7 Å². The molecule has 2 heterocycles. The number of hydrogen-bond acceptors (Lipinski definition) is 3. The van der Waals surface area contributed by atoms with Crippen molar-refractivity contribution in [3.8, 4) is 0 Å². The van der Waals surface area contributed by atoms with Crippen LogP contribution in [0.3, 0.4) is 0 Å². The molecule has 0 radical (unpaired) electrons. The topological polar surface area (TPSA) is 54.7 Å². The first-order valence-corrected chi connectivity index (χ1v) is 9.77. The summed E-state index contributed by atoms with van der Waals surface area (Å²) in [5.74, 6) is 1.73. The lowest BCUT2D eigenvalue weighted by molar-refractivity contribution is 0.0625. The first kappa shape index (κ1) is 19.4. The lowest BCUT2D eigenvalue weighted by Crippen LogP contribution is -2.39. The predicted octanol–water partition coefficient (Wildman–Crippen LogP) is 2.76. The van der Waals surface area contributed by atoms with Gasteiger partial charge in [-0.25, -0.2) is 4.98 Å². The third-order valence-electron chi connectivity index (χ3n) is 5.18. The summed E-state index contributed by atoms with van der Waals surface area (Å²) in [5, 5.41) is 3.47. The highest BCUT2D eigenvalue weighted by Gasteiger charge is 2.15. The van der Waals surface area contributed by atoms with Crippen molar-refractivity contribution >= 4 is 5.96 Å². The van der Waals surface area contributed by atoms with Gasteiger partial charge in [0.1, 0.15) is 0 Å². The van der Waals surface area contributed by atoms with E-state index in [4.69, 9.17) is 4.74 Å². The molecule has 3 rings (SSSR count). The molecular formula is C21H31N5O. The Morgan fingerprint density at radius 2 is 2.00 bits per heavy atom. The minimum atomic E-state index is 0.777. The normalized spacial score (nSPS) is 15.7. The van der Waals surface area contributed by atoms with Gasteiger partial charge in [-0.3, -0.25) is 4.99 Å². The lowest BCUT2D eigenvalue weighted by Gasteiger charge is -2.26. The van der Waals surface area contributed by atoms with Gasteiger partial charge in [-0.15, -0.1) is 0 Å². The van der Waals surface area contributed by atoms with Gasteiger partial charge in [-0.1, -0.05) is 24.3 Å². The van der Waals surface area contributed by atoms with Crippen LogP contribution in [-0.4, -0.2) is 54.3 Å². The summed E-state index contributed by atoms with van der Waals surface area (Å²) >= 11 is 0. The molecule has 1 aliphatic rings. The summed E-state index contributed by atoms with van der Waals surface area (Å²) in [5.41, 5.74) is 2.53. The predicted molar refractivity (Wildman–Crippen MR) is 109 cm³/mol. The molecule has 0 saturated carbocycles. The van der Waals surface area contributed by atoms with Gasteiger partial charge in [-0.2, -0.15) is 0 Å². The molecule has 2 aromatic rings. The van der Waals surface area contributed by atoms with Gasteiger partial charge in [0, 0.05) is 59.3 Å². The van der Waals surface area contributed by atoms with Gasteiger partial charge in [0.25, 0.3) is 0 Å². The molecule has 0 amide bonds. The van der Waals surface area contributed by atoms with Crippen LogP contribution in [-0.2, 0) is 17.8 Å². The molecule has 0 spiro atoms. The molecule has 0 atom stereocenters. The molecule has 6 heteroatoms. The van der Waals surface area contributed by atoms with Gasteiger partial charge in [0.05, 0.1) is 6.33 Å². The maximum atomic E-state index is 5.45. The molecule has 1 fully saturated rings. The molecule has 1 aromatic carbocycles. The summed E-state index contributed by atoms with van der Waals surface area (Å²) in [7, 11) is 3.96. The van der Waals surface area contributed by atoms with E-state index in [1.807, 2.05) is 25.8 Å². The number of benzene rings is 1. The molecule has 1 aliphatic heterocycles. The highest BCUT2D eigenvalue weighted by molar-refractivity contribution is 5.79. The van der Waals surface area contributed by atoms with Crippen LogP contribution in [0.15, 0.2) is 48.0 Å². The number of rotatable bonds is 7. The van der Waals surface area contributed by atoms with E-state index < -0.39 is 0 Å². The zero-order valence-corrected chi connectivity index (χ0v) is 16.5. The molecule has 1 saturated heterocycles. The number of aliphatic imine (C=N–C) groups is 1. The van der Waals surface area contributed by atoms with Crippen molar-refractivity contribution < 1.29 is 4.74 Å². The van der Waals surface area contributed by atoms with Crippen LogP contribution in [0.2, 0.25) is 0 Å². The minimum absolute atomic E-state index is 0.777. The van der Waals surface area contributed by atoms with Crippen molar-refractivity contribution in [1.29, 1.82) is 0 Å². The molecule has 0 bridgehead atoms. The number of nitrogens with one attached hydrogen (secondary N) is 1. The molecule has 146 valence electrons. The number of imidazole rings is 1. The van der Waals surface area contributed by atoms with Crippen LogP contribution in [0.1, 0.15) is 30.4 Å². The minimum Gasteiger partial charge on any atom is -0.381 e. The average molecular weight is 370 g/mol. The maximum absolute atomic E-state index is 5.45. The standard InChI is InChI=1S/C21H31N5O/c1-22-21(25(2)11-7-18-8-13-27-14-9-18)24-15-19-3-5-20(6-4-19)16-26-12-10-23-17-26/h3-6,10,12,17-18H,7-9,11,13-16H2,1-2H3,(H,22,24). The Morgan fingerprint density at radius 1 is 1.26 bits per heavy atom. The van der Waals surface area contributed by atoms with Crippen molar-refractivity contribution in [3.63, 3.8) is 0 Å². The molecule has 6 nitrogen and oxygen atoms in total. The largest absolute Gasteiger partial charge is 0.381 e. The molecule has 27 heavy (non-hydrogen) atoms. The average Bonchev–Trinajstić information content (AvgIpc) is 3.22. The molecule has 0 unspecified atom stereocenters. The zero-order valence-electron chi connectivity index (χ0n) is 16.5. The smallest absolute Gasteiger partial charge is 0.193 e. The number of ether oxygens (including phenoxy) is 1. The van der Waals surface area contributed by atoms with Crippen molar-refractivity contribution in [2.24, 2.45) is 10.9 Å². The van der Waals surface area contributed by atoms with E-state index in [0.29, 0.717) is 0 Å². The molecule has 0 aliphatic carbocycles. The van der Waals surface area contributed by atoms with Crippen molar-refractivity contribution in [2.45, 2.75) is 32.4 Å². The van der Waals surface area contributed by atoms with Crippen LogP contribution in [0.5, 0.6) is 0 Å².